The van der Waals surface area contributed by atoms with E-state index < -0.39 is 0 Å². The smallest absolute Gasteiger partial charge is 0.0794 e. The molecule has 2 N–H and O–H groups in total. The van der Waals surface area contributed by atoms with E-state index in [4.69, 9.17) is 5.11 Å². The van der Waals surface area contributed by atoms with Gasteiger partial charge in [-0.2, -0.15) is 0 Å². The lowest BCUT2D eigenvalue weighted by Crippen LogP contribution is -2.58. The Morgan fingerprint density at radius 2 is 1.92 bits per heavy atom. The first kappa shape index (κ1) is 13.5. The molecule has 0 radical (unpaired) electrons. The van der Waals surface area contributed by atoms with Crippen LogP contribution in [0.1, 0.15) is 12.8 Å². The monoisotopic (exact) mass is 228 g/mol. The molecular weight excluding hydrogens is 211 g/mol. The van der Waals surface area contributed by atoms with E-state index in [1.165, 1.54) is 19.4 Å². The van der Waals surface area contributed by atoms with Crippen molar-refractivity contribution >= 4 is 24.8 Å². The highest BCUT2D eigenvalue weighted by Gasteiger charge is 2.31. The molecular formula is C8H18Cl2N2O. The van der Waals surface area contributed by atoms with Gasteiger partial charge in [0, 0.05) is 25.7 Å². The minimum atomic E-state index is -0.0445. The number of likely N-dealkylation sites (tertiary alicyclic amines) is 1. The minimum absolute atomic E-state index is 0. The lowest BCUT2D eigenvalue weighted by molar-refractivity contribution is -0.0297. The molecule has 2 heterocycles. The normalized spacial score (nSPS) is 29.8. The summed E-state index contributed by atoms with van der Waals surface area (Å²) in [6, 6.07) is 0.701. The van der Waals surface area contributed by atoms with Crippen LogP contribution in [0.5, 0.6) is 0 Å². The van der Waals surface area contributed by atoms with Crippen molar-refractivity contribution in [3.8, 4) is 0 Å². The molecule has 2 aliphatic rings. The Labute approximate surface area is 91.7 Å². The molecule has 0 aromatic heterocycles. The van der Waals surface area contributed by atoms with Gasteiger partial charge < -0.3 is 10.4 Å². The van der Waals surface area contributed by atoms with Gasteiger partial charge in [-0.05, 0) is 19.4 Å². The van der Waals surface area contributed by atoms with Gasteiger partial charge in [-0.3, -0.25) is 4.90 Å². The van der Waals surface area contributed by atoms with E-state index in [-0.39, 0.29) is 30.9 Å². The Hall–Kier alpha value is 0.460. The third-order valence-electron chi connectivity index (χ3n) is 2.68. The molecule has 2 rings (SSSR count). The van der Waals surface area contributed by atoms with Gasteiger partial charge in [-0.25, -0.2) is 0 Å². The van der Waals surface area contributed by atoms with Crippen LogP contribution >= 0.6 is 24.8 Å². The summed E-state index contributed by atoms with van der Waals surface area (Å²) in [4.78, 5) is 2.37. The zero-order valence-electron chi connectivity index (χ0n) is 7.61. The maximum absolute atomic E-state index is 9.09. The highest BCUT2D eigenvalue weighted by atomic mass is 35.5. The summed E-state index contributed by atoms with van der Waals surface area (Å²) in [5, 5.41) is 12.5. The second-order valence-corrected chi connectivity index (χ2v) is 3.61. The second-order valence-electron chi connectivity index (χ2n) is 3.61. The van der Waals surface area contributed by atoms with E-state index in [2.05, 4.69) is 10.2 Å². The lowest BCUT2D eigenvalue weighted by atomic mass is 10.0. The minimum Gasteiger partial charge on any atom is -0.390 e. The van der Waals surface area contributed by atoms with E-state index in [1.807, 2.05) is 0 Å². The Morgan fingerprint density at radius 1 is 1.23 bits per heavy atom. The predicted molar refractivity (Wildman–Crippen MR) is 58.0 cm³/mol. The number of rotatable bonds is 1. The summed E-state index contributed by atoms with van der Waals surface area (Å²) in [5.74, 6) is 0. The molecule has 2 aliphatic heterocycles. The number of hydrogen-bond donors (Lipinski definition) is 2. The largest absolute Gasteiger partial charge is 0.390 e. The molecule has 0 aliphatic carbocycles. The van der Waals surface area contributed by atoms with Crippen molar-refractivity contribution in [1.29, 1.82) is 0 Å². The van der Waals surface area contributed by atoms with Crippen molar-refractivity contribution in [1.82, 2.24) is 10.2 Å². The Kier molecular flexibility index (Phi) is 6.25. The van der Waals surface area contributed by atoms with Gasteiger partial charge >= 0.3 is 0 Å². The Balaban J connectivity index is 0.000000720. The quantitative estimate of drug-likeness (QED) is 0.677. The molecule has 0 aromatic rings. The summed E-state index contributed by atoms with van der Waals surface area (Å²) in [5.41, 5.74) is 0. The number of piperidine rings is 1. The predicted octanol–water partition coefficient (Wildman–Crippen LogP) is 0.259. The highest BCUT2D eigenvalue weighted by molar-refractivity contribution is 5.85. The number of nitrogens with zero attached hydrogens (tertiary/aromatic N) is 1. The van der Waals surface area contributed by atoms with Gasteiger partial charge in [0.1, 0.15) is 0 Å². The van der Waals surface area contributed by atoms with E-state index in [1.54, 1.807) is 0 Å². The van der Waals surface area contributed by atoms with Gasteiger partial charge in [0.15, 0.2) is 0 Å². The van der Waals surface area contributed by atoms with Crippen molar-refractivity contribution in [2.75, 3.05) is 26.2 Å². The molecule has 2 saturated heterocycles. The summed E-state index contributed by atoms with van der Waals surface area (Å²) in [6.45, 7) is 4.08. The molecule has 2 fully saturated rings. The van der Waals surface area contributed by atoms with Crippen LogP contribution in [-0.2, 0) is 0 Å². The van der Waals surface area contributed by atoms with Crippen molar-refractivity contribution < 1.29 is 5.11 Å². The van der Waals surface area contributed by atoms with Crippen molar-refractivity contribution in [3.05, 3.63) is 0 Å². The average molecular weight is 229 g/mol. The molecule has 1 unspecified atom stereocenters. The number of β-amino-alcohol motifs (C(OH)–C–C–N with tert-alkyl or cyclic N) is 1. The first-order valence-corrected chi connectivity index (χ1v) is 4.49. The number of hydrogen-bond acceptors (Lipinski definition) is 3. The number of halogens is 2. The second kappa shape index (κ2) is 6.04. The van der Waals surface area contributed by atoms with Crippen LogP contribution in [-0.4, -0.2) is 48.3 Å². The summed E-state index contributed by atoms with van der Waals surface area (Å²) in [6.07, 6.45) is 2.55. The van der Waals surface area contributed by atoms with Crippen LogP contribution in [0.3, 0.4) is 0 Å². The highest BCUT2D eigenvalue weighted by Crippen LogP contribution is 2.17. The van der Waals surface area contributed by atoms with Crippen LogP contribution in [0.2, 0.25) is 0 Å². The van der Waals surface area contributed by atoms with Crippen LogP contribution < -0.4 is 5.32 Å². The van der Waals surface area contributed by atoms with Gasteiger partial charge in [0.05, 0.1) is 6.10 Å². The third kappa shape index (κ3) is 3.26. The molecule has 0 spiro atoms. The van der Waals surface area contributed by atoms with Crippen LogP contribution in [0, 0.1) is 0 Å². The molecule has 1 atom stereocenters. The number of aliphatic hydroxyl groups excluding tert-OH is 1. The fraction of sp³-hybridized carbons (Fsp3) is 1.00. The van der Waals surface area contributed by atoms with Gasteiger partial charge in [-0.1, -0.05) is 0 Å². The maximum Gasteiger partial charge on any atom is 0.0794 e. The molecule has 0 aromatic carbocycles. The fourth-order valence-electron chi connectivity index (χ4n) is 1.93. The Bertz CT molecular complexity index is 136. The van der Waals surface area contributed by atoms with E-state index >= 15 is 0 Å². The zero-order chi connectivity index (χ0) is 7.68. The topological polar surface area (TPSA) is 35.5 Å². The first-order valence-electron chi connectivity index (χ1n) is 4.49. The van der Waals surface area contributed by atoms with Gasteiger partial charge in [-0.15, -0.1) is 24.8 Å². The fourth-order valence-corrected chi connectivity index (χ4v) is 1.93. The van der Waals surface area contributed by atoms with E-state index in [9.17, 15) is 0 Å². The standard InChI is InChI=1S/C8H16N2O.2ClH/c11-8-5-10(6-8)7-2-1-3-9-4-7;;/h7-9,11H,1-6H2;2*1H. The van der Waals surface area contributed by atoms with Crippen molar-refractivity contribution in [2.45, 2.75) is 25.0 Å². The lowest BCUT2D eigenvalue weighted by Gasteiger charge is -2.43. The molecule has 5 heteroatoms. The first-order chi connectivity index (χ1) is 5.36. The van der Waals surface area contributed by atoms with Gasteiger partial charge in [0.2, 0.25) is 0 Å². The summed E-state index contributed by atoms with van der Waals surface area (Å²) >= 11 is 0. The van der Waals surface area contributed by atoms with Crippen molar-refractivity contribution in [3.63, 3.8) is 0 Å². The van der Waals surface area contributed by atoms with Gasteiger partial charge in [0.25, 0.3) is 0 Å². The van der Waals surface area contributed by atoms with E-state index in [0.29, 0.717) is 6.04 Å². The molecule has 13 heavy (non-hydrogen) atoms. The van der Waals surface area contributed by atoms with E-state index in [0.717, 1.165) is 19.6 Å². The zero-order valence-corrected chi connectivity index (χ0v) is 9.24. The summed E-state index contributed by atoms with van der Waals surface area (Å²) < 4.78 is 0. The molecule has 0 amide bonds. The maximum atomic E-state index is 9.09. The number of nitrogens with one attached hydrogen (secondary N) is 1. The van der Waals surface area contributed by atoms with Crippen LogP contribution in [0.25, 0.3) is 0 Å². The molecule has 80 valence electrons. The molecule has 0 bridgehead atoms. The number of aliphatic hydroxyl groups is 1. The summed E-state index contributed by atoms with van der Waals surface area (Å²) in [7, 11) is 0. The van der Waals surface area contributed by atoms with Crippen LogP contribution in [0.15, 0.2) is 0 Å². The SMILES string of the molecule is Cl.Cl.OC1CN(C2CCCNC2)C1. The van der Waals surface area contributed by atoms with Crippen LogP contribution in [0.4, 0.5) is 0 Å². The van der Waals surface area contributed by atoms with Crippen molar-refractivity contribution in [2.24, 2.45) is 0 Å². The average Bonchev–Trinajstić information content (AvgIpc) is 2.01. The molecule has 0 saturated carbocycles. The third-order valence-corrected chi connectivity index (χ3v) is 2.68. The Morgan fingerprint density at radius 3 is 2.38 bits per heavy atom. The molecule has 3 nitrogen and oxygen atoms in total.